The van der Waals surface area contributed by atoms with Gasteiger partial charge in [0.05, 0.1) is 49.0 Å². The Morgan fingerprint density at radius 3 is 2.74 bits per heavy atom. The number of halogens is 1. The number of rotatable bonds is 4. The average molecular weight is 405 g/mol. The van der Waals surface area contributed by atoms with Crippen molar-refractivity contribution in [2.45, 2.75) is 32.6 Å². The number of aryl methyl sites for hydroxylation is 2. The molecule has 27 heavy (non-hydrogen) atoms. The van der Waals surface area contributed by atoms with Crippen LogP contribution < -0.4 is 15.1 Å². The summed E-state index contributed by atoms with van der Waals surface area (Å²) in [5.41, 5.74) is 3.25. The van der Waals surface area contributed by atoms with E-state index in [0.29, 0.717) is 5.02 Å². The monoisotopic (exact) mass is 404 g/mol. The topological polar surface area (TPSA) is 36.8 Å². The van der Waals surface area contributed by atoms with Crippen LogP contribution in [0.1, 0.15) is 39.9 Å². The second kappa shape index (κ2) is 8.21. The van der Waals surface area contributed by atoms with Crippen molar-refractivity contribution < 1.29 is 9.69 Å². The maximum Gasteiger partial charge on any atom is 0.265 e. The number of piperazine rings is 1. The molecule has 2 aromatic rings. The Hall–Kier alpha value is -1.56. The fraction of sp³-hybridized carbons (Fsp3) is 0.476. The third-order valence-corrected chi connectivity index (χ3v) is 7.21. The number of amides is 1. The van der Waals surface area contributed by atoms with Gasteiger partial charge in [0.1, 0.15) is 0 Å². The van der Waals surface area contributed by atoms with Crippen LogP contribution in [0.25, 0.3) is 0 Å². The summed E-state index contributed by atoms with van der Waals surface area (Å²) in [5.74, 6) is -0.0178. The van der Waals surface area contributed by atoms with E-state index in [2.05, 4.69) is 23.2 Å². The normalized spacial score (nSPS) is 17.6. The van der Waals surface area contributed by atoms with E-state index in [1.54, 1.807) is 16.2 Å². The zero-order valence-electron chi connectivity index (χ0n) is 15.8. The highest BCUT2D eigenvalue weighted by atomic mass is 35.5. The quantitative estimate of drug-likeness (QED) is 0.820. The first-order chi connectivity index (χ1) is 13.1. The van der Waals surface area contributed by atoms with E-state index in [0.717, 1.165) is 55.3 Å². The molecular weight excluding hydrogens is 378 g/mol. The van der Waals surface area contributed by atoms with Crippen molar-refractivity contribution >= 4 is 40.2 Å². The third-order valence-electron chi connectivity index (χ3n) is 5.74. The average Bonchev–Trinajstić information content (AvgIpc) is 3.13. The summed E-state index contributed by atoms with van der Waals surface area (Å²) < 4.78 is 0. The van der Waals surface area contributed by atoms with Gasteiger partial charge in [0.25, 0.3) is 5.91 Å². The molecule has 1 aromatic heterocycles. The van der Waals surface area contributed by atoms with Crippen LogP contribution in [0.4, 0.5) is 11.4 Å². The van der Waals surface area contributed by atoms with Crippen LogP contribution in [0, 0.1) is 0 Å². The molecule has 0 saturated carbocycles. The van der Waals surface area contributed by atoms with Gasteiger partial charge in [-0.1, -0.05) is 11.6 Å². The van der Waals surface area contributed by atoms with Gasteiger partial charge < -0.3 is 15.1 Å². The number of nitrogens with one attached hydrogen (secondary N) is 2. The molecule has 1 saturated heterocycles. The SMILES string of the molecule is CC[NH+]1CCN(c2ccc(Cl)cc2NC(=O)c2cc3c(s2)CCCC3)CC1. The van der Waals surface area contributed by atoms with Crippen molar-refractivity contribution in [2.75, 3.05) is 42.9 Å². The number of fused-ring (bicyclic) bond motifs is 1. The van der Waals surface area contributed by atoms with Gasteiger partial charge in [0.15, 0.2) is 0 Å². The molecule has 2 N–H and O–H groups in total. The Balaban J connectivity index is 1.53. The highest BCUT2D eigenvalue weighted by Gasteiger charge is 2.23. The van der Waals surface area contributed by atoms with Gasteiger partial charge in [0.2, 0.25) is 0 Å². The Morgan fingerprint density at radius 1 is 1.22 bits per heavy atom. The molecule has 4 nitrogen and oxygen atoms in total. The fourth-order valence-electron chi connectivity index (χ4n) is 4.09. The molecule has 0 radical (unpaired) electrons. The Kier molecular flexibility index (Phi) is 5.71. The first-order valence-electron chi connectivity index (χ1n) is 9.95. The minimum Gasteiger partial charge on any atom is -0.359 e. The summed E-state index contributed by atoms with van der Waals surface area (Å²) in [6.45, 7) is 7.66. The van der Waals surface area contributed by atoms with Crippen LogP contribution in [0.2, 0.25) is 5.02 Å². The Morgan fingerprint density at radius 2 is 2.00 bits per heavy atom. The number of carbonyl (C=O) groups is 1. The maximum atomic E-state index is 12.9. The maximum absolute atomic E-state index is 12.9. The fourth-order valence-corrected chi connectivity index (χ4v) is 5.41. The number of nitrogens with zero attached hydrogens (tertiary/aromatic N) is 1. The summed E-state index contributed by atoms with van der Waals surface area (Å²) >= 11 is 7.89. The Bertz CT molecular complexity index is 803. The third kappa shape index (κ3) is 4.15. The van der Waals surface area contributed by atoms with Crippen LogP contribution in [0.15, 0.2) is 24.3 Å². The molecule has 144 valence electrons. The molecule has 1 fully saturated rings. The number of quaternary nitrogens is 1. The minimum absolute atomic E-state index is 0.0178. The summed E-state index contributed by atoms with van der Waals surface area (Å²) in [7, 11) is 0. The van der Waals surface area contributed by atoms with Crippen LogP contribution in [0.3, 0.4) is 0 Å². The van der Waals surface area contributed by atoms with E-state index < -0.39 is 0 Å². The van der Waals surface area contributed by atoms with Crippen LogP contribution in [0.5, 0.6) is 0 Å². The molecule has 6 heteroatoms. The predicted octanol–water partition coefficient (Wildman–Crippen LogP) is 3.26. The number of anilines is 2. The largest absolute Gasteiger partial charge is 0.359 e. The number of thiophene rings is 1. The van der Waals surface area contributed by atoms with Crippen molar-refractivity contribution in [3.05, 3.63) is 44.6 Å². The van der Waals surface area contributed by atoms with E-state index in [9.17, 15) is 4.79 Å². The zero-order valence-corrected chi connectivity index (χ0v) is 17.4. The number of hydrogen-bond donors (Lipinski definition) is 2. The van der Waals surface area contributed by atoms with E-state index in [1.165, 1.54) is 29.8 Å². The highest BCUT2D eigenvalue weighted by Crippen LogP contribution is 2.33. The lowest BCUT2D eigenvalue weighted by Gasteiger charge is -2.34. The molecule has 0 unspecified atom stereocenters. The van der Waals surface area contributed by atoms with Gasteiger partial charge >= 0.3 is 0 Å². The van der Waals surface area contributed by atoms with Crippen molar-refractivity contribution in [2.24, 2.45) is 0 Å². The summed E-state index contributed by atoms with van der Waals surface area (Å²) in [4.78, 5) is 19.1. The van der Waals surface area contributed by atoms with Crippen LogP contribution in [-0.4, -0.2) is 38.6 Å². The molecule has 1 aliphatic carbocycles. The van der Waals surface area contributed by atoms with Gasteiger partial charge in [-0.25, -0.2) is 0 Å². The number of carbonyl (C=O) groups excluding carboxylic acids is 1. The van der Waals surface area contributed by atoms with Crippen molar-refractivity contribution in [1.82, 2.24) is 0 Å². The van der Waals surface area contributed by atoms with Crippen LogP contribution in [-0.2, 0) is 12.8 Å². The number of likely N-dealkylation sites (N-methyl/N-ethyl adjacent to an activating group) is 1. The van der Waals surface area contributed by atoms with Crippen LogP contribution >= 0.6 is 22.9 Å². The molecule has 2 aliphatic rings. The summed E-state index contributed by atoms with van der Waals surface area (Å²) in [6, 6.07) is 7.91. The van der Waals surface area contributed by atoms with Crippen molar-refractivity contribution in [3.8, 4) is 0 Å². The molecule has 2 heterocycles. The lowest BCUT2D eigenvalue weighted by molar-refractivity contribution is -0.898. The van der Waals surface area contributed by atoms with Gasteiger partial charge in [-0.2, -0.15) is 0 Å². The molecule has 1 aliphatic heterocycles. The number of hydrogen-bond acceptors (Lipinski definition) is 3. The van der Waals surface area contributed by atoms with Gasteiger partial charge in [-0.15, -0.1) is 11.3 Å². The molecule has 0 atom stereocenters. The van der Waals surface area contributed by atoms with Gasteiger partial charge in [-0.05, 0) is 62.4 Å². The van der Waals surface area contributed by atoms with E-state index in [4.69, 9.17) is 11.6 Å². The second-order valence-electron chi connectivity index (χ2n) is 7.47. The summed E-state index contributed by atoms with van der Waals surface area (Å²) in [5, 5.41) is 3.79. The molecule has 1 amide bonds. The molecule has 4 rings (SSSR count). The first kappa shape index (κ1) is 18.8. The lowest BCUT2D eigenvalue weighted by Crippen LogP contribution is -3.14. The minimum atomic E-state index is -0.0178. The van der Waals surface area contributed by atoms with Crippen molar-refractivity contribution in [3.63, 3.8) is 0 Å². The second-order valence-corrected chi connectivity index (χ2v) is 9.05. The highest BCUT2D eigenvalue weighted by molar-refractivity contribution is 7.14. The van der Waals surface area contributed by atoms with Gasteiger partial charge in [0, 0.05) is 9.90 Å². The van der Waals surface area contributed by atoms with Gasteiger partial charge in [-0.3, -0.25) is 4.79 Å². The predicted molar refractivity (Wildman–Crippen MR) is 114 cm³/mol. The molecule has 0 spiro atoms. The summed E-state index contributed by atoms with van der Waals surface area (Å²) in [6.07, 6.45) is 4.68. The Labute approximate surface area is 170 Å². The van der Waals surface area contributed by atoms with E-state index in [-0.39, 0.29) is 5.91 Å². The smallest absolute Gasteiger partial charge is 0.265 e. The molecule has 0 bridgehead atoms. The molecular formula is C21H27ClN3OS+. The first-order valence-corrected chi connectivity index (χ1v) is 11.1. The standard InChI is InChI=1S/C21H26ClN3OS/c1-2-24-9-11-25(12-10-24)18-8-7-16(22)14-17(18)23-21(26)20-13-15-5-3-4-6-19(15)27-20/h7-8,13-14H,2-6,9-12H2,1H3,(H,23,26)/p+1. The lowest BCUT2D eigenvalue weighted by atomic mass is 9.99. The molecule has 1 aromatic carbocycles. The van der Waals surface area contributed by atoms with E-state index in [1.807, 2.05) is 18.2 Å². The number of benzene rings is 1. The van der Waals surface area contributed by atoms with Crippen molar-refractivity contribution in [1.29, 1.82) is 0 Å². The zero-order chi connectivity index (χ0) is 18.8. The van der Waals surface area contributed by atoms with E-state index >= 15 is 0 Å².